The number of halogens is 1. The fourth-order valence-corrected chi connectivity index (χ4v) is 2.68. The van der Waals surface area contributed by atoms with Crippen LogP contribution in [0.2, 0.25) is 0 Å². The lowest BCUT2D eigenvalue weighted by Crippen LogP contribution is -2.39. The van der Waals surface area contributed by atoms with Gasteiger partial charge >= 0.3 is 6.09 Å². The molecule has 0 radical (unpaired) electrons. The summed E-state index contributed by atoms with van der Waals surface area (Å²) in [7, 11) is 1.56. The molecule has 1 heterocycles. The second-order valence-corrected chi connectivity index (χ2v) is 6.96. The first-order valence-corrected chi connectivity index (χ1v) is 7.94. The van der Waals surface area contributed by atoms with Gasteiger partial charge in [-0.1, -0.05) is 0 Å². The minimum Gasteiger partial charge on any atom is -0.496 e. The van der Waals surface area contributed by atoms with Gasteiger partial charge in [0.15, 0.2) is 0 Å². The summed E-state index contributed by atoms with van der Waals surface area (Å²) < 4.78 is 26.7. The number of alkyl carbamates (subject to hydrolysis) is 1. The third-order valence-corrected chi connectivity index (χ3v) is 3.62. The fraction of sp³-hybridized carbons (Fsp3) is 0.500. The van der Waals surface area contributed by atoms with E-state index in [9.17, 15) is 9.18 Å². The van der Waals surface area contributed by atoms with Gasteiger partial charge in [0.1, 0.15) is 17.2 Å². The number of ether oxygens (including phenoxy) is 2. The van der Waals surface area contributed by atoms with Crippen molar-refractivity contribution in [3.63, 3.8) is 0 Å². The number of nitrogens with one attached hydrogen (secondary N) is 1. The molecule has 2 aromatic rings. The second-order valence-electron chi connectivity index (χ2n) is 6.96. The zero-order valence-corrected chi connectivity index (χ0v) is 15.1. The summed E-state index contributed by atoms with van der Waals surface area (Å²) in [4.78, 5) is 11.9. The minimum absolute atomic E-state index is 0.222. The van der Waals surface area contributed by atoms with E-state index in [1.807, 2.05) is 45.3 Å². The van der Waals surface area contributed by atoms with Gasteiger partial charge in [-0.3, -0.25) is 0 Å². The van der Waals surface area contributed by atoms with Gasteiger partial charge in [-0.15, -0.1) is 0 Å². The monoisotopic (exact) mass is 336 g/mol. The summed E-state index contributed by atoms with van der Waals surface area (Å²) in [6.45, 7) is 9.61. The number of aromatic nitrogens is 1. The second kappa shape index (κ2) is 6.71. The van der Waals surface area contributed by atoms with Crippen LogP contribution < -0.4 is 10.1 Å². The first-order valence-electron chi connectivity index (χ1n) is 7.94. The van der Waals surface area contributed by atoms with Crippen molar-refractivity contribution in [1.29, 1.82) is 0 Å². The molecule has 0 spiro atoms. The summed E-state index contributed by atoms with van der Waals surface area (Å²) in [6.07, 6.45) is -0.484. The Balaban J connectivity index is 2.24. The number of benzene rings is 1. The molecule has 0 fully saturated rings. The van der Waals surface area contributed by atoms with Crippen molar-refractivity contribution in [2.45, 2.75) is 52.8 Å². The summed E-state index contributed by atoms with van der Waals surface area (Å²) >= 11 is 0. The largest absolute Gasteiger partial charge is 0.496 e. The maximum atomic E-state index is 14.3. The third kappa shape index (κ3) is 3.99. The smallest absolute Gasteiger partial charge is 0.407 e. The van der Waals surface area contributed by atoms with Crippen LogP contribution in [0.3, 0.4) is 0 Å². The lowest BCUT2D eigenvalue weighted by Gasteiger charge is -2.22. The summed E-state index contributed by atoms with van der Waals surface area (Å²) in [5.74, 6) is 0.310. The highest BCUT2D eigenvalue weighted by Gasteiger charge is 2.20. The van der Waals surface area contributed by atoms with Gasteiger partial charge in [0.05, 0.1) is 12.6 Å². The molecule has 24 heavy (non-hydrogen) atoms. The van der Waals surface area contributed by atoms with Crippen molar-refractivity contribution in [2.24, 2.45) is 0 Å². The van der Waals surface area contributed by atoms with Crippen LogP contribution in [0.1, 0.15) is 33.4 Å². The zero-order valence-electron chi connectivity index (χ0n) is 15.1. The van der Waals surface area contributed by atoms with Crippen LogP contribution >= 0.6 is 0 Å². The molecular weight excluding hydrogens is 311 g/mol. The van der Waals surface area contributed by atoms with E-state index in [1.165, 1.54) is 6.07 Å². The Hall–Kier alpha value is -2.24. The van der Waals surface area contributed by atoms with Crippen LogP contribution in [0.25, 0.3) is 10.9 Å². The molecule has 0 saturated heterocycles. The molecule has 0 bridgehead atoms. The van der Waals surface area contributed by atoms with Crippen LogP contribution in [0, 0.1) is 12.7 Å². The molecule has 1 N–H and O–H groups in total. The maximum Gasteiger partial charge on any atom is 0.407 e. The predicted octanol–water partition coefficient (Wildman–Crippen LogP) is 4.01. The van der Waals surface area contributed by atoms with Crippen molar-refractivity contribution in [3.8, 4) is 5.75 Å². The summed E-state index contributed by atoms with van der Waals surface area (Å²) in [5, 5.41) is 3.50. The number of carbonyl (C=O) groups excluding carboxylic acids is 1. The molecule has 0 aliphatic carbocycles. The van der Waals surface area contributed by atoms with Gasteiger partial charge in [-0.2, -0.15) is 0 Å². The van der Waals surface area contributed by atoms with E-state index < -0.39 is 11.7 Å². The van der Waals surface area contributed by atoms with Crippen molar-refractivity contribution < 1.29 is 18.7 Å². The van der Waals surface area contributed by atoms with E-state index in [-0.39, 0.29) is 11.9 Å². The predicted molar refractivity (Wildman–Crippen MR) is 92.0 cm³/mol. The maximum absolute atomic E-state index is 14.3. The Bertz CT molecular complexity index is 747. The Morgan fingerprint density at radius 3 is 2.62 bits per heavy atom. The van der Waals surface area contributed by atoms with Crippen LogP contribution in [-0.2, 0) is 11.3 Å². The standard InChI is InChI=1S/C18H25FN2O3/c1-11(20-17(22)24-18(3,4)5)10-21-12(2)9-13-15(23-6)8-7-14(19)16(13)21/h7-9,11H,10H2,1-6H3,(H,20,22)/t11-/m1/s1. The Morgan fingerprint density at radius 1 is 1.38 bits per heavy atom. The highest BCUT2D eigenvalue weighted by Crippen LogP contribution is 2.31. The quantitative estimate of drug-likeness (QED) is 0.918. The summed E-state index contributed by atoms with van der Waals surface area (Å²) in [5.41, 5.74) is 0.815. The number of rotatable bonds is 4. The molecule has 0 unspecified atom stereocenters. The fourth-order valence-electron chi connectivity index (χ4n) is 2.68. The van der Waals surface area contributed by atoms with Crippen LogP contribution in [0.4, 0.5) is 9.18 Å². The molecule has 1 aromatic heterocycles. The lowest BCUT2D eigenvalue weighted by molar-refractivity contribution is 0.0504. The highest BCUT2D eigenvalue weighted by atomic mass is 19.1. The van der Waals surface area contributed by atoms with Crippen molar-refractivity contribution in [1.82, 2.24) is 9.88 Å². The van der Waals surface area contributed by atoms with Crippen LogP contribution in [0.5, 0.6) is 5.75 Å². The number of fused-ring (bicyclic) bond motifs is 1. The molecule has 6 heteroatoms. The number of methoxy groups -OCH3 is 1. The van der Waals surface area contributed by atoms with E-state index in [4.69, 9.17) is 9.47 Å². The van der Waals surface area contributed by atoms with Gasteiger partial charge in [0.2, 0.25) is 0 Å². The van der Waals surface area contributed by atoms with E-state index in [2.05, 4.69) is 5.32 Å². The van der Waals surface area contributed by atoms with Crippen LogP contribution in [0.15, 0.2) is 18.2 Å². The minimum atomic E-state index is -0.556. The summed E-state index contributed by atoms with van der Waals surface area (Å²) in [6, 6.07) is 4.67. The molecular formula is C18H25FN2O3. The molecule has 5 nitrogen and oxygen atoms in total. The average Bonchev–Trinajstić information content (AvgIpc) is 2.75. The van der Waals surface area contributed by atoms with Crippen molar-refractivity contribution >= 4 is 17.0 Å². The first-order chi connectivity index (χ1) is 11.1. The number of hydrogen-bond donors (Lipinski definition) is 1. The van der Waals surface area contributed by atoms with Crippen LogP contribution in [-0.4, -0.2) is 29.4 Å². The normalized spacial score (nSPS) is 13.0. The molecule has 2 rings (SSSR count). The van der Waals surface area contributed by atoms with Crippen molar-refractivity contribution in [2.75, 3.05) is 7.11 Å². The first kappa shape index (κ1) is 18.1. The molecule has 132 valence electrons. The lowest BCUT2D eigenvalue weighted by atomic mass is 10.2. The van der Waals surface area contributed by atoms with E-state index in [1.54, 1.807) is 13.2 Å². The molecule has 1 amide bonds. The third-order valence-electron chi connectivity index (χ3n) is 3.62. The van der Waals surface area contributed by atoms with E-state index in [0.29, 0.717) is 17.8 Å². The van der Waals surface area contributed by atoms with Gasteiger partial charge in [0, 0.05) is 23.7 Å². The van der Waals surface area contributed by atoms with Gasteiger partial charge < -0.3 is 19.4 Å². The number of nitrogens with zero attached hydrogens (tertiary/aromatic N) is 1. The molecule has 0 aliphatic heterocycles. The molecule has 0 saturated carbocycles. The molecule has 1 aromatic carbocycles. The number of hydrogen-bond acceptors (Lipinski definition) is 3. The molecule has 0 aliphatic rings. The van der Waals surface area contributed by atoms with Crippen molar-refractivity contribution in [3.05, 3.63) is 29.7 Å². The number of carbonyl (C=O) groups is 1. The number of amides is 1. The van der Waals surface area contributed by atoms with Gasteiger partial charge in [-0.05, 0) is 52.8 Å². The Morgan fingerprint density at radius 2 is 2.04 bits per heavy atom. The van der Waals surface area contributed by atoms with E-state index >= 15 is 0 Å². The van der Waals surface area contributed by atoms with E-state index in [0.717, 1.165) is 11.1 Å². The Labute approximate surface area is 141 Å². The average molecular weight is 336 g/mol. The zero-order chi connectivity index (χ0) is 18.1. The highest BCUT2D eigenvalue weighted by molar-refractivity contribution is 5.88. The topological polar surface area (TPSA) is 52.5 Å². The Kier molecular flexibility index (Phi) is 5.06. The number of aryl methyl sites for hydroxylation is 1. The molecule has 1 atom stereocenters. The van der Waals surface area contributed by atoms with Gasteiger partial charge in [0.25, 0.3) is 0 Å². The van der Waals surface area contributed by atoms with Gasteiger partial charge in [-0.25, -0.2) is 9.18 Å². The SMILES string of the molecule is COc1ccc(F)c2c1cc(C)n2C[C@@H](C)NC(=O)OC(C)(C)C.